The fourth-order valence-corrected chi connectivity index (χ4v) is 2.24. The molecule has 0 spiro atoms. The molecule has 0 bridgehead atoms. The molecule has 9 heteroatoms. The summed E-state index contributed by atoms with van der Waals surface area (Å²) in [6.45, 7) is 3.96. The zero-order valence-corrected chi connectivity index (χ0v) is 13.2. The van der Waals surface area contributed by atoms with Gasteiger partial charge >= 0.3 is 0 Å². The normalized spacial score (nSPS) is 13.0. The van der Waals surface area contributed by atoms with E-state index in [-0.39, 0.29) is 4.90 Å². The van der Waals surface area contributed by atoms with Crippen molar-refractivity contribution in [3.63, 3.8) is 0 Å². The molecule has 1 unspecified atom stereocenters. The monoisotopic (exact) mass is 331 g/mol. The van der Waals surface area contributed by atoms with E-state index in [9.17, 15) is 8.42 Å². The van der Waals surface area contributed by atoms with Crippen LogP contribution in [-0.4, -0.2) is 31.3 Å². The predicted molar refractivity (Wildman–Crippen MR) is 87.1 cm³/mol. The van der Waals surface area contributed by atoms with Gasteiger partial charge in [0.15, 0.2) is 0 Å². The van der Waals surface area contributed by atoms with Crippen molar-refractivity contribution in [3.05, 3.63) is 42.5 Å². The third kappa shape index (κ3) is 7.61. The summed E-state index contributed by atoms with van der Waals surface area (Å²) < 4.78 is 30.5. The Kier molecular flexibility index (Phi) is 8.41. The predicted octanol–water partition coefficient (Wildman–Crippen LogP) is -1.15. The van der Waals surface area contributed by atoms with Crippen LogP contribution in [0.2, 0.25) is 0 Å². The second-order valence-electron chi connectivity index (χ2n) is 4.76. The molecule has 0 aliphatic carbocycles. The first-order chi connectivity index (χ1) is 10.0. The van der Waals surface area contributed by atoms with Crippen LogP contribution in [0.5, 0.6) is 0 Å². The molecule has 0 saturated carbocycles. The Morgan fingerprint density at radius 1 is 1.27 bits per heavy atom. The van der Waals surface area contributed by atoms with Gasteiger partial charge in [-0.25, -0.2) is 0 Å². The van der Waals surface area contributed by atoms with Crippen LogP contribution in [0.4, 0.5) is 0 Å². The van der Waals surface area contributed by atoms with Crippen molar-refractivity contribution in [1.82, 2.24) is 0 Å². The van der Waals surface area contributed by atoms with E-state index in [1.807, 2.05) is 0 Å². The first kappa shape index (κ1) is 20.7. The molecule has 22 heavy (non-hydrogen) atoms. The van der Waals surface area contributed by atoms with Crippen molar-refractivity contribution in [3.8, 4) is 0 Å². The van der Waals surface area contributed by atoms with Gasteiger partial charge in [-0.05, 0) is 31.0 Å². The van der Waals surface area contributed by atoms with Crippen LogP contribution in [0, 0.1) is 0 Å². The third-order valence-corrected chi connectivity index (χ3v) is 3.69. The van der Waals surface area contributed by atoms with E-state index in [0.29, 0.717) is 24.9 Å². The minimum Gasteiger partial charge on any atom is -0.330 e. The van der Waals surface area contributed by atoms with E-state index in [4.69, 9.17) is 33.2 Å². The average Bonchev–Trinajstić information content (AvgIpc) is 2.38. The smallest absolute Gasteiger partial charge is 0.294 e. The van der Waals surface area contributed by atoms with Crippen molar-refractivity contribution in [1.29, 1.82) is 0 Å². The molecule has 8 nitrogen and oxygen atoms in total. The van der Waals surface area contributed by atoms with Crippen molar-refractivity contribution in [2.75, 3.05) is 6.54 Å². The van der Waals surface area contributed by atoms with Crippen LogP contribution in [0.1, 0.15) is 12.0 Å². The molecule has 1 rings (SSSR count). The lowest BCUT2D eigenvalue weighted by atomic mass is 10.1. The Balaban J connectivity index is 0.000000433. The molecule has 1 atom stereocenters. The lowest BCUT2D eigenvalue weighted by Crippen LogP contribution is -2.69. The molecule has 1 aromatic carbocycles. The number of benzene rings is 1. The van der Waals surface area contributed by atoms with E-state index in [1.165, 1.54) is 6.07 Å². The van der Waals surface area contributed by atoms with Gasteiger partial charge in [-0.2, -0.15) is 8.42 Å². The van der Waals surface area contributed by atoms with E-state index in [1.54, 1.807) is 24.3 Å². The Hall–Kier alpha value is -1.33. The standard InChI is InChI=1S/C9H10O3S.C4H15N5/c1-2-5-8-6-3-4-7-9(8)13(10,11)12;5-2-1-3(6)4(7,8)9/h2-4,6-7H,1,5H2,(H,10,11,12);3H,1-2,5-9H2. The number of rotatable bonds is 6. The van der Waals surface area contributed by atoms with Crippen LogP contribution in [0.25, 0.3) is 0 Å². The molecule has 126 valence electrons. The minimum atomic E-state index is -4.10. The van der Waals surface area contributed by atoms with Gasteiger partial charge in [-0.15, -0.1) is 6.58 Å². The van der Waals surface area contributed by atoms with E-state index < -0.39 is 21.9 Å². The largest absolute Gasteiger partial charge is 0.330 e. The summed E-state index contributed by atoms with van der Waals surface area (Å²) in [5.74, 6) is -1.29. The van der Waals surface area contributed by atoms with E-state index in [2.05, 4.69) is 6.58 Å². The zero-order valence-electron chi connectivity index (χ0n) is 12.4. The quantitative estimate of drug-likeness (QED) is 0.214. The molecule has 0 aliphatic rings. The molecule has 0 amide bonds. The highest BCUT2D eigenvalue weighted by molar-refractivity contribution is 7.85. The Bertz CT molecular complexity index is 569. The third-order valence-electron chi connectivity index (χ3n) is 2.73. The average molecular weight is 331 g/mol. The number of allylic oxidation sites excluding steroid dienone is 1. The summed E-state index contributed by atoms with van der Waals surface area (Å²) in [5, 5.41) is 0. The van der Waals surface area contributed by atoms with Gasteiger partial charge < -0.3 is 11.5 Å². The highest BCUT2D eigenvalue weighted by Gasteiger charge is 2.20. The first-order valence-electron chi connectivity index (χ1n) is 6.52. The van der Waals surface area contributed by atoms with E-state index >= 15 is 0 Å². The maximum Gasteiger partial charge on any atom is 0.294 e. The van der Waals surface area contributed by atoms with Gasteiger partial charge in [0.2, 0.25) is 0 Å². The molecule has 0 radical (unpaired) electrons. The topological polar surface area (TPSA) is 184 Å². The highest BCUT2D eigenvalue weighted by Crippen LogP contribution is 2.15. The van der Waals surface area contributed by atoms with Gasteiger partial charge in [-0.1, -0.05) is 24.3 Å². The fourth-order valence-electron chi connectivity index (χ4n) is 1.51. The van der Waals surface area contributed by atoms with Crippen molar-refractivity contribution in [2.45, 2.75) is 29.6 Å². The second-order valence-corrected chi connectivity index (χ2v) is 6.15. The van der Waals surface area contributed by atoms with Gasteiger partial charge in [0.25, 0.3) is 10.1 Å². The number of nitrogens with two attached hydrogens (primary N) is 5. The maximum atomic E-state index is 10.8. The van der Waals surface area contributed by atoms with Crippen molar-refractivity contribution in [2.24, 2.45) is 28.7 Å². The van der Waals surface area contributed by atoms with Crippen LogP contribution < -0.4 is 28.7 Å². The lowest BCUT2D eigenvalue weighted by Gasteiger charge is -2.25. The van der Waals surface area contributed by atoms with Crippen LogP contribution in [-0.2, 0) is 16.5 Å². The Morgan fingerprint density at radius 2 is 1.82 bits per heavy atom. The Morgan fingerprint density at radius 3 is 2.18 bits per heavy atom. The molecule has 0 heterocycles. The fraction of sp³-hybridized carbons (Fsp3) is 0.385. The molecule has 0 fully saturated rings. The SMILES string of the molecule is C=CCc1ccccc1S(=O)(=O)O.NCCC(N)C(N)(N)N. The van der Waals surface area contributed by atoms with Crippen LogP contribution in [0.3, 0.4) is 0 Å². The summed E-state index contributed by atoms with van der Waals surface area (Å²) in [6.07, 6.45) is 2.56. The maximum absolute atomic E-state index is 10.8. The summed E-state index contributed by atoms with van der Waals surface area (Å²) >= 11 is 0. The second kappa shape index (κ2) is 8.96. The highest BCUT2D eigenvalue weighted by atomic mass is 32.2. The van der Waals surface area contributed by atoms with Gasteiger partial charge in [0.05, 0.1) is 10.9 Å². The van der Waals surface area contributed by atoms with Gasteiger partial charge in [0, 0.05) is 0 Å². The summed E-state index contributed by atoms with van der Waals surface area (Å²) in [7, 11) is -4.10. The molecule has 11 N–H and O–H groups in total. The first-order valence-corrected chi connectivity index (χ1v) is 7.96. The van der Waals surface area contributed by atoms with E-state index in [0.717, 1.165) is 0 Å². The summed E-state index contributed by atoms with van der Waals surface area (Å²) in [4.78, 5) is -0.0464. The molecular weight excluding hydrogens is 306 g/mol. The van der Waals surface area contributed by atoms with Crippen molar-refractivity contribution >= 4 is 10.1 Å². The van der Waals surface area contributed by atoms with Crippen molar-refractivity contribution < 1.29 is 13.0 Å². The number of hydrogen-bond donors (Lipinski definition) is 6. The zero-order chi connectivity index (χ0) is 17.4. The molecular formula is C13H25N5O3S. The summed E-state index contributed by atoms with van der Waals surface area (Å²) in [6, 6.07) is 5.87. The molecule has 0 aromatic heterocycles. The molecule has 0 saturated heterocycles. The molecule has 1 aromatic rings. The van der Waals surface area contributed by atoms with Gasteiger partial charge in [-0.3, -0.25) is 21.8 Å². The molecule has 0 aliphatic heterocycles. The summed E-state index contributed by atoms with van der Waals surface area (Å²) in [5.41, 5.74) is 26.9. The van der Waals surface area contributed by atoms with Crippen LogP contribution in [0.15, 0.2) is 41.8 Å². The Labute approximate surface area is 131 Å². The number of hydrogen-bond acceptors (Lipinski definition) is 7. The van der Waals surface area contributed by atoms with Gasteiger partial charge in [0.1, 0.15) is 5.79 Å². The lowest BCUT2D eigenvalue weighted by molar-refractivity contribution is 0.353. The van der Waals surface area contributed by atoms with Crippen LogP contribution >= 0.6 is 0 Å². The minimum absolute atomic E-state index is 0.0464.